The monoisotopic (exact) mass is 485 g/mol. The quantitative estimate of drug-likeness (QED) is 0.684. The van der Waals surface area contributed by atoms with Gasteiger partial charge >= 0.3 is 6.18 Å². The van der Waals surface area contributed by atoms with Crippen LogP contribution in [0, 0.1) is 23.2 Å². The minimum atomic E-state index is -4.80. The van der Waals surface area contributed by atoms with E-state index in [0.717, 1.165) is 25.4 Å². The van der Waals surface area contributed by atoms with E-state index in [0.29, 0.717) is 24.9 Å². The molecule has 2 fully saturated rings. The fraction of sp³-hybridized carbons (Fsp3) is 0.400. The molecule has 7 nitrogen and oxygen atoms in total. The number of benzene rings is 1. The van der Waals surface area contributed by atoms with Crippen LogP contribution in [0.3, 0.4) is 0 Å². The number of sulfone groups is 1. The second-order valence-corrected chi connectivity index (χ2v) is 10.4. The Morgan fingerprint density at radius 2 is 1.91 bits per heavy atom. The van der Waals surface area contributed by atoms with E-state index in [1.807, 2.05) is 0 Å². The molecule has 2 aliphatic heterocycles. The van der Waals surface area contributed by atoms with Crippen molar-refractivity contribution in [2.75, 3.05) is 42.7 Å². The number of nitrogens with one attached hydrogen (secondary N) is 2. The van der Waals surface area contributed by atoms with E-state index in [2.05, 4.69) is 15.6 Å². The molecular weight excluding hydrogens is 467 g/mol. The summed E-state index contributed by atoms with van der Waals surface area (Å²) in [7, 11) is -3.74. The Hall–Kier alpha value is -2.55. The van der Waals surface area contributed by atoms with Gasteiger partial charge in [-0.25, -0.2) is 13.4 Å². The number of hydrogen-bond donors (Lipinski definition) is 2. The normalized spacial score (nSPS) is 20.8. The van der Waals surface area contributed by atoms with Gasteiger partial charge in [0.2, 0.25) is 0 Å². The first-order valence-corrected chi connectivity index (χ1v) is 12.0. The molecule has 3 heterocycles. The molecule has 0 bridgehead atoms. The number of hydrogen-bond acceptors (Lipinski definition) is 7. The van der Waals surface area contributed by atoms with Crippen molar-refractivity contribution in [3.8, 4) is 6.07 Å². The molecule has 2 N–H and O–H groups in total. The van der Waals surface area contributed by atoms with Gasteiger partial charge in [-0.1, -0.05) is 11.6 Å². The molecular formula is C20H19ClF3N5O2S. The number of nitriles is 1. The standard InChI is InChI=1S/C20H19ClF3N5O2S/c1-32(30,31)17-3-2-13(21)4-16(17)27-19-14(6-25)15(20(22,23)24)5-18(28-19)29-9-11-7-26-8-12(11)10-29/h2-5,11-12,26H,7-10H2,1H3,(H,27,28)/t11-,12+. The molecule has 2 saturated heterocycles. The van der Waals surface area contributed by atoms with Gasteiger partial charge in [-0.3, -0.25) is 0 Å². The lowest BCUT2D eigenvalue weighted by Gasteiger charge is -2.23. The van der Waals surface area contributed by atoms with Crippen molar-refractivity contribution in [1.82, 2.24) is 10.3 Å². The maximum atomic E-state index is 13.8. The lowest BCUT2D eigenvalue weighted by Crippen LogP contribution is -2.27. The van der Waals surface area contributed by atoms with E-state index in [-0.39, 0.29) is 27.2 Å². The van der Waals surface area contributed by atoms with Crippen molar-refractivity contribution in [2.45, 2.75) is 11.1 Å². The summed E-state index contributed by atoms with van der Waals surface area (Å²) in [6.07, 6.45) is -3.83. The Labute approximate surface area is 188 Å². The lowest BCUT2D eigenvalue weighted by molar-refractivity contribution is -0.137. The van der Waals surface area contributed by atoms with Gasteiger partial charge < -0.3 is 15.5 Å². The van der Waals surface area contributed by atoms with Gasteiger partial charge in [-0.05, 0) is 36.1 Å². The molecule has 0 spiro atoms. The first kappa shape index (κ1) is 22.6. The highest BCUT2D eigenvalue weighted by Crippen LogP contribution is 2.40. The first-order chi connectivity index (χ1) is 15.0. The van der Waals surface area contributed by atoms with Gasteiger partial charge in [0, 0.05) is 37.5 Å². The van der Waals surface area contributed by atoms with E-state index in [1.165, 1.54) is 18.2 Å². The van der Waals surface area contributed by atoms with Crippen LogP contribution in [0.5, 0.6) is 0 Å². The molecule has 0 saturated carbocycles. The smallest absolute Gasteiger partial charge is 0.356 e. The zero-order valence-corrected chi connectivity index (χ0v) is 18.4. The molecule has 32 heavy (non-hydrogen) atoms. The van der Waals surface area contributed by atoms with Gasteiger partial charge in [-0.2, -0.15) is 18.4 Å². The maximum Gasteiger partial charge on any atom is 0.417 e. The van der Waals surface area contributed by atoms with Crippen LogP contribution in [0.1, 0.15) is 11.1 Å². The molecule has 0 unspecified atom stereocenters. The summed E-state index contributed by atoms with van der Waals surface area (Å²) in [5.74, 6) is 0.321. The van der Waals surface area contributed by atoms with Crippen LogP contribution in [0.2, 0.25) is 5.02 Å². The summed E-state index contributed by atoms with van der Waals surface area (Å²) in [6, 6.07) is 6.32. The number of aromatic nitrogens is 1. The molecule has 0 radical (unpaired) electrons. The number of rotatable bonds is 4. The topological polar surface area (TPSA) is 98.1 Å². The number of halogens is 4. The summed E-state index contributed by atoms with van der Waals surface area (Å²) >= 11 is 5.99. The molecule has 2 aliphatic rings. The van der Waals surface area contributed by atoms with Crippen molar-refractivity contribution in [3.63, 3.8) is 0 Å². The number of nitrogens with zero attached hydrogens (tertiary/aromatic N) is 3. The molecule has 1 aromatic carbocycles. The van der Waals surface area contributed by atoms with Gasteiger partial charge in [0.05, 0.1) is 16.1 Å². The summed E-state index contributed by atoms with van der Waals surface area (Å²) < 4.78 is 65.8. The Morgan fingerprint density at radius 1 is 1.25 bits per heavy atom. The molecule has 0 amide bonds. The van der Waals surface area contributed by atoms with Crippen molar-refractivity contribution in [2.24, 2.45) is 11.8 Å². The third kappa shape index (κ3) is 4.35. The molecule has 4 rings (SSSR count). The van der Waals surface area contributed by atoms with Crippen molar-refractivity contribution in [1.29, 1.82) is 5.26 Å². The van der Waals surface area contributed by atoms with Crippen LogP contribution in [0.4, 0.5) is 30.5 Å². The van der Waals surface area contributed by atoms with Crippen LogP contribution >= 0.6 is 11.6 Å². The van der Waals surface area contributed by atoms with Gasteiger partial charge in [0.25, 0.3) is 0 Å². The Kier molecular flexibility index (Phi) is 5.73. The second kappa shape index (κ2) is 8.10. The van der Waals surface area contributed by atoms with Crippen molar-refractivity contribution >= 4 is 38.8 Å². The van der Waals surface area contributed by atoms with Gasteiger partial charge in [0.1, 0.15) is 17.5 Å². The Morgan fingerprint density at radius 3 is 2.47 bits per heavy atom. The second-order valence-electron chi connectivity index (χ2n) is 7.98. The molecule has 170 valence electrons. The maximum absolute atomic E-state index is 13.8. The summed E-state index contributed by atoms with van der Waals surface area (Å²) in [5, 5.41) is 15.6. The van der Waals surface area contributed by atoms with Crippen LogP contribution in [-0.2, 0) is 16.0 Å². The van der Waals surface area contributed by atoms with Crippen LogP contribution in [0.15, 0.2) is 29.2 Å². The van der Waals surface area contributed by atoms with Crippen molar-refractivity contribution < 1.29 is 21.6 Å². The lowest BCUT2D eigenvalue weighted by atomic mass is 10.0. The average Bonchev–Trinajstić information content (AvgIpc) is 3.28. The molecule has 2 aromatic rings. The molecule has 1 aromatic heterocycles. The number of alkyl halides is 3. The number of anilines is 3. The fourth-order valence-corrected chi connectivity index (χ4v) is 5.21. The van der Waals surface area contributed by atoms with E-state index in [4.69, 9.17) is 11.6 Å². The molecule has 2 atom stereocenters. The largest absolute Gasteiger partial charge is 0.417 e. The summed E-state index contributed by atoms with van der Waals surface area (Å²) in [4.78, 5) is 5.91. The fourth-order valence-electron chi connectivity index (χ4n) is 4.21. The molecule has 12 heteroatoms. The Balaban J connectivity index is 1.83. The SMILES string of the molecule is CS(=O)(=O)c1ccc(Cl)cc1Nc1nc(N2C[C@H]3CNC[C@H]3C2)cc(C(F)(F)F)c1C#N. The highest BCUT2D eigenvalue weighted by molar-refractivity contribution is 7.90. The van der Waals surface area contributed by atoms with E-state index in [9.17, 15) is 26.9 Å². The highest BCUT2D eigenvalue weighted by atomic mass is 35.5. The van der Waals surface area contributed by atoms with Crippen molar-refractivity contribution in [3.05, 3.63) is 40.4 Å². The third-order valence-electron chi connectivity index (χ3n) is 5.73. The van der Waals surface area contributed by atoms with E-state index >= 15 is 0 Å². The van der Waals surface area contributed by atoms with Crippen LogP contribution in [-0.4, -0.2) is 45.8 Å². The predicted molar refractivity (Wildman–Crippen MR) is 114 cm³/mol. The van der Waals surface area contributed by atoms with Gasteiger partial charge in [0.15, 0.2) is 15.7 Å². The minimum absolute atomic E-state index is 0.0586. The predicted octanol–water partition coefficient (Wildman–Crippen LogP) is 3.43. The average molecular weight is 486 g/mol. The third-order valence-corrected chi connectivity index (χ3v) is 7.12. The summed E-state index contributed by atoms with van der Waals surface area (Å²) in [6.45, 7) is 2.65. The van der Waals surface area contributed by atoms with E-state index in [1.54, 1.807) is 11.0 Å². The number of fused-ring (bicyclic) bond motifs is 1. The zero-order valence-electron chi connectivity index (χ0n) is 16.9. The van der Waals surface area contributed by atoms with Crippen LogP contribution < -0.4 is 15.5 Å². The van der Waals surface area contributed by atoms with E-state index < -0.39 is 27.1 Å². The van der Waals surface area contributed by atoms with Gasteiger partial charge in [-0.15, -0.1) is 0 Å². The molecule has 0 aliphatic carbocycles. The Bertz CT molecular complexity index is 1200. The van der Waals surface area contributed by atoms with Crippen LogP contribution in [0.25, 0.3) is 0 Å². The first-order valence-electron chi connectivity index (χ1n) is 9.72. The number of pyridine rings is 1. The summed E-state index contributed by atoms with van der Waals surface area (Å²) in [5.41, 5.74) is -1.91. The highest BCUT2D eigenvalue weighted by Gasteiger charge is 2.40. The zero-order chi connectivity index (χ0) is 23.3. The minimum Gasteiger partial charge on any atom is -0.356 e.